The van der Waals surface area contributed by atoms with Crippen LogP contribution in [0, 0.1) is 16.0 Å². The van der Waals surface area contributed by atoms with Crippen molar-refractivity contribution >= 4 is 11.4 Å². The molecular weight excluding hydrogens is 272 g/mol. The van der Waals surface area contributed by atoms with Crippen molar-refractivity contribution in [3.63, 3.8) is 0 Å². The number of hydrogen-bond donors (Lipinski definition) is 2. The van der Waals surface area contributed by atoms with Gasteiger partial charge < -0.3 is 15.2 Å². The Bertz CT molecular complexity index is 510. The normalized spacial score (nSPS) is 25.4. The highest BCUT2D eigenvalue weighted by molar-refractivity contribution is 5.57. The fraction of sp³-hybridized carbons (Fsp3) is 0.600. The number of aliphatic hydroxyl groups excluding tert-OH is 1. The van der Waals surface area contributed by atoms with Gasteiger partial charge >= 0.3 is 0 Å². The summed E-state index contributed by atoms with van der Waals surface area (Å²) < 4.78 is 5.11. The van der Waals surface area contributed by atoms with Crippen LogP contribution in [0.15, 0.2) is 18.2 Å². The molecular formula is C15H22N2O4. The number of ether oxygens (including phenoxy) is 1. The third-order valence-corrected chi connectivity index (χ3v) is 4.28. The van der Waals surface area contributed by atoms with Gasteiger partial charge in [0.25, 0.3) is 5.69 Å². The van der Waals surface area contributed by atoms with E-state index < -0.39 is 10.5 Å². The minimum absolute atomic E-state index is 0.0186. The Hall–Kier alpha value is -1.82. The van der Waals surface area contributed by atoms with E-state index in [-0.39, 0.29) is 12.3 Å². The van der Waals surface area contributed by atoms with E-state index in [1.807, 2.05) is 0 Å². The van der Waals surface area contributed by atoms with Gasteiger partial charge in [-0.05, 0) is 31.6 Å². The highest BCUT2D eigenvalue weighted by Crippen LogP contribution is 2.36. The molecule has 1 aliphatic rings. The Morgan fingerprint density at radius 1 is 1.43 bits per heavy atom. The average molecular weight is 294 g/mol. The SMILES string of the molecule is COc1cc(NC2(CO)CCC(C)CC2)cc([N+](=O)[O-])c1. The number of anilines is 1. The predicted molar refractivity (Wildman–Crippen MR) is 80.7 cm³/mol. The van der Waals surface area contributed by atoms with Gasteiger partial charge in [0.2, 0.25) is 0 Å². The summed E-state index contributed by atoms with van der Waals surface area (Å²) in [5, 5.41) is 24.0. The molecule has 0 heterocycles. The lowest BCUT2D eigenvalue weighted by Gasteiger charge is -2.39. The number of non-ortho nitro benzene ring substituents is 1. The number of benzene rings is 1. The third kappa shape index (κ3) is 3.64. The second-order valence-electron chi connectivity index (χ2n) is 5.92. The van der Waals surface area contributed by atoms with Crippen LogP contribution in [0.25, 0.3) is 0 Å². The first-order valence-electron chi connectivity index (χ1n) is 7.20. The summed E-state index contributed by atoms with van der Waals surface area (Å²) in [4.78, 5) is 10.5. The van der Waals surface area contributed by atoms with E-state index in [0.717, 1.165) is 25.7 Å². The van der Waals surface area contributed by atoms with Crippen molar-refractivity contribution in [2.75, 3.05) is 19.0 Å². The molecule has 21 heavy (non-hydrogen) atoms. The predicted octanol–water partition coefficient (Wildman–Crippen LogP) is 2.96. The Labute approximate surface area is 124 Å². The van der Waals surface area contributed by atoms with Gasteiger partial charge in [0, 0.05) is 17.8 Å². The molecule has 0 aliphatic heterocycles. The second-order valence-corrected chi connectivity index (χ2v) is 5.92. The van der Waals surface area contributed by atoms with E-state index in [1.54, 1.807) is 6.07 Å². The summed E-state index contributed by atoms with van der Waals surface area (Å²) in [6.07, 6.45) is 3.80. The zero-order valence-electron chi connectivity index (χ0n) is 12.5. The summed E-state index contributed by atoms with van der Waals surface area (Å²) >= 11 is 0. The van der Waals surface area contributed by atoms with Crippen molar-refractivity contribution in [2.24, 2.45) is 5.92 Å². The van der Waals surface area contributed by atoms with Crippen LogP contribution in [0.2, 0.25) is 0 Å². The van der Waals surface area contributed by atoms with Gasteiger partial charge in [0.05, 0.1) is 30.2 Å². The number of methoxy groups -OCH3 is 1. The summed E-state index contributed by atoms with van der Waals surface area (Å²) in [5.74, 6) is 1.09. The zero-order valence-corrected chi connectivity index (χ0v) is 12.5. The van der Waals surface area contributed by atoms with E-state index in [1.165, 1.54) is 19.2 Å². The standard InChI is InChI=1S/C15H22N2O4/c1-11-3-5-15(10-18,6-4-11)16-12-7-13(17(19)20)9-14(8-12)21-2/h7-9,11,16,18H,3-6,10H2,1-2H3. The molecule has 1 aromatic rings. The molecule has 2 N–H and O–H groups in total. The van der Waals surface area contributed by atoms with Gasteiger partial charge in [-0.2, -0.15) is 0 Å². The van der Waals surface area contributed by atoms with Crippen LogP contribution in [-0.2, 0) is 0 Å². The van der Waals surface area contributed by atoms with Crippen molar-refractivity contribution in [2.45, 2.75) is 38.1 Å². The number of nitro groups is 1. The zero-order chi connectivity index (χ0) is 15.5. The number of nitro benzene ring substituents is 1. The van der Waals surface area contributed by atoms with Crippen LogP contribution >= 0.6 is 0 Å². The minimum atomic E-state index is -0.442. The lowest BCUT2D eigenvalue weighted by atomic mass is 9.77. The maximum Gasteiger partial charge on any atom is 0.275 e. The maximum absolute atomic E-state index is 11.0. The summed E-state index contributed by atoms with van der Waals surface area (Å²) in [5.41, 5.74) is 0.200. The third-order valence-electron chi connectivity index (χ3n) is 4.28. The first-order valence-corrected chi connectivity index (χ1v) is 7.20. The Kier molecular flexibility index (Phi) is 4.67. The number of rotatable bonds is 5. The summed E-state index contributed by atoms with van der Waals surface area (Å²) in [6, 6.07) is 4.60. The fourth-order valence-corrected chi connectivity index (χ4v) is 2.82. The van der Waals surface area contributed by atoms with Gasteiger partial charge in [-0.1, -0.05) is 6.92 Å². The topological polar surface area (TPSA) is 84.6 Å². The second kappa shape index (κ2) is 6.30. The van der Waals surface area contributed by atoms with Crippen LogP contribution in [0.4, 0.5) is 11.4 Å². The molecule has 0 unspecified atom stereocenters. The Balaban J connectivity index is 2.24. The largest absolute Gasteiger partial charge is 0.496 e. The van der Waals surface area contributed by atoms with E-state index >= 15 is 0 Å². The first kappa shape index (κ1) is 15.6. The van der Waals surface area contributed by atoms with Gasteiger partial charge in [-0.25, -0.2) is 0 Å². The molecule has 0 spiro atoms. The maximum atomic E-state index is 11.0. The first-order chi connectivity index (χ1) is 9.98. The minimum Gasteiger partial charge on any atom is -0.496 e. The number of nitrogens with zero attached hydrogens (tertiary/aromatic N) is 1. The Morgan fingerprint density at radius 2 is 2.10 bits per heavy atom. The van der Waals surface area contributed by atoms with Gasteiger partial charge in [-0.3, -0.25) is 10.1 Å². The molecule has 1 aromatic carbocycles. The Morgan fingerprint density at radius 3 is 2.62 bits per heavy atom. The van der Waals surface area contributed by atoms with Crippen LogP contribution in [0.5, 0.6) is 5.75 Å². The van der Waals surface area contributed by atoms with Gasteiger partial charge in [0.15, 0.2) is 0 Å². The molecule has 2 rings (SSSR count). The molecule has 6 nitrogen and oxygen atoms in total. The average Bonchev–Trinajstić information content (AvgIpc) is 2.49. The molecule has 1 saturated carbocycles. The number of hydrogen-bond acceptors (Lipinski definition) is 5. The molecule has 0 saturated heterocycles. The van der Waals surface area contributed by atoms with E-state index in [4.69, 9.17) is 4.74 Å². The van der Waals surface area contributed by atoms with E-state index in [9.17, 15) is 15.2 Å². The van der Waals surface area contributed by atoms with Gasteiger partial charge in [-0.15, -0.1) is 0 Å². The van der Waals surface area contributed by atoms with Gasteiger partial charge in [0.1, 0.15) is 5.75 Å². The fourth-order valence-electron chi connectivity index (χ4n) is 2.82. The number of nitrogens with one attached hydrogen (secondary N) is 1. The highest BCUT2D eigenvalue weighted by atomic mass is 16.6. The van der Waals surface area contributed by atoms with Crippen molar-refractivity contribution in [1.29, 1.82) is 0 Å². The molecule has 0 aromatic heterocycles. The molecule has 0 amide bonds. The molecule has 1 fully saturated rings. The van der Waals surface area contributed by atoms with Crippen molar-refractivity contribution in [1.82, 2.24) is 0 Å². The monoisotopic (exact) mass is 294 g/mol. The molecule has 0 atom stereocenters. The molecule has 1 aliphatic carbocycles. The van der Waals surface area contributed by atoms with Crippen molar-refractivity contribution in [3.05, 3.63) is 28.3 Å². The molecule has 0 bridgehead atoms. The molecule has 0 radical (unpaired) electrons. The quantitative estimate of drug-likeness (QED) is 0.644. The molecule has 6 heteroatoms. The lowest BCUT2D eigenvalue weighted by Crippen LogP contribution is -2.45. The highest BCUT2D eigenvalue weighted by Gasteiger charge is 2.33. The van der Waals surface area contributed by atoms with Crippen molar-refractivity contribution < 1.29 is 14.8 Å². The lowest BCUT2D eigenvalue weighted by molar-refractivity contribution is -0.384. The van der Waals surface area contributed by atoms with Crippen LogP contribution < -0.4 is 10.1 Å². The summed E-state index contributed by atoms with van der Waals surface area (Å²) in [6.45, 7) is 2.22. The van der Waals surface area contributed by atoms with E-state index in [2.05, 4.69) is 12.2 Å². The van der Waals surface area contributed by atoms with Crippen molar-refractivity contribution in [3.8, 4) is 5.75 Å². The smallest absolute Gasteiger partial charge is 0.275 e. The number of aliphatic hydroxyl groups is 1. The molecule has 116 valence electrons. The van der Waals surface area contributed by atoms with Crippen LogP contribution in [0.1, 0.15) is 32.6 Å². The summed E-state index contributed by atoms with van der Waals surface area (Å²) in [7, 11) is 1.48. The van der Waals surface area contributed by atoms with Crippen LogP contribution in [0.3, 0.4) is 0 Å². The van der Waals surface area contributed by atoms with E-state index in [0.29, 0.717) is 17.4 Å². The van der Waals surface area contributed by atoms with Crippen LogP contribution in [-0.4, -0.2) is 29.3 Å².